The second-order valence-corrected chi connectivity index (χ2v) is 16.6. The van der Waals surface area contributed by atoms with Crippen LogP contribution in [-0.2, 0) is 16.0 Å². The molecular formula is C43H60N8O2. The number of nitrogens with zero attached hydrogens (tertiary/aromatic N) is 7. The van der Waals surface area contributed by atoms with Crippen molar-refractivity contribution in [3.05, 3.63) is 57.6 Å². The van der Waals surface area contributed by atoms with Crippen LogP contribution in [0.25, 0.3) is 5.57 Å². The zero-order valence-corrected chi connectivity index (χ0v) is 32.3. The molecule has 8 rings (SSSR count). The smallest absolute Gasteiger partial charge is 0.269 e. The summed E-state index contributed by atoms with van der Waals surface area (Å²) >= 11 is 0. The van der Waals surface area contributed by atoms with E-state index < -0.39 is 0 Å². The monoisotopic (exact) mass is 720 g/mol. The predicted molar refractivity (Wildman–Crippen MR) is 216 cm³/mol. The van der Waals surface area contributed by atoms with Crippen molar-refractivity contribution in [2.24, 2.45) is 20.7 Å². The lowest BCUT2D eigenvalue weighted by atomic mass is 9.89. The van der Waals surface area contributed by atoms with Crippen LogP contribution in [0.1, 0.15) is 94.2 Å². The Bertz CT molecular complexity index is 1760. The van der Waals surface area contributed by atoms with Gasteiger partial charge in [-0.15, -0.1) is 0 Å². The Kier molecular flexibility index (Phi) is 10.6. The van der Waals surface area contributed by atoms with E-state index in [0.717, 1.165) is 75.5 Å². The Morgan fingerprint density at radius 3 is 2.72 bits per heavy atom. The summed E-state index contributed by atoms with van der Waals surface area (Å²) in [5.41, 5.74) is 19.3. The number of nitrogens with two attached hydrogens (primary N) is 1. The van der Waals surface area contributed by atoms with E-state index in [0.29, 0.717) is 38.3 Å². The van der Waals surface area contributed by atoms with Crippen LogP contribution in [0.4, 0.5) is 5.69 Å². The molecular weight excluding hydrogens is 661 g/mol. The van der Waals surface area contributed by atoms with Gasteiger partial charge in [0.25, 0.3) is 5.91 Å². The highest BCUT2D eigenvalue weighted by molar-refractivity contribution is 6.07. The average molecular weight is 721 g/mol. The number of amides is 1. The molecule has 5 aliphatic heterocycles. The molecule has 2 aliphatic carbocycles. The molecule has 284 valence electrons. The van der Waals surface area contributed by atoms with Crippen LogP contribution < -0.4 is 10.6 Å². The fourth-order valence-corrected chi connectivity index (χ4v) is 10.3. The Labute approximate surface area is 316 Å². The van der Waals surface area contributed by atoms with Crippen molar-refractivity contribution in [1.29, 1.82) is 0 Å². The number of anilines is 1. The van der Waals surface area contributed by atoms with Crippen molar-refractivity contribution in [2.45, 2.75) is 103 Å². The molecule has 4 fully saturated rings. The van der Waals surface area contributed by atoms with Crippen molar-refractivity contribution < 1.29 is 9.53 Å². The Morgan fingerprint density at radius 2 is 1.89 bits per heavy atom. The second-order valence-electron chi connectivity index (χ2n) is 16.6. The molecule has 10 nitrogen and oxygen atoms in total. The van der Waals surface area contributed by atoms with E-state index >= 15 is 0 Å². The van der Waals surface area contributed by atoms with Gasteiger partial charge in [0.2, 0.25) is 0 Å². The normalized spacial score (nSPS) is 26.5. The highest BCUT2D eigenvalue weighted by Crippen LogP contribution is 2.52. The first-order valence-corrected chi connectivity index (χ1v) is 20.6. The van der Waals surface area contributed by atoms with Crippen LogP contribution in [0, 0.1) is 6.92 Å². The van der Waals surface area contributed by atoms with Crippen LogP contribution in [0.5, 0.6) is 0 Å². The topological polar surface area (TPSA) is 102 Å². The lowest BCUT2D eigenvalue weighted by Crippen LogP contribution is -2.41. The molecule has 10 heteroatoms. The van der Waals surface area contributed by atoms with E-state index in [4.69, 9.17) is 25.4 Å². The highest BCUT2D eigenvalue weighted by Gasteiger charge is 2.43. The quantitative estimate of drug-likeness (QED) is 0.200. The molecule has 1 aromatic carbocycles. The summed E-state index contributed by atoms with van der Waals surface area (Å²) in [5, 5.41) is 0. The van der Waals surface area contributed by atoms with Crippen molar-refractivity contribution in [3.8, 4) is 0 Å². The third-order valence-electron chi connectivity index (χ3n) is 12.9. The van der Waals surface area contributed by atoms with Gasteiger partial charge in [0.15, 0.2) is 0 Å². The number of hydrogen-bond donors (Lipinski definition) is 1. The third-order valence-corrected chi connectivity index (χ3v) is 12.9. The molecule has 4 saturated heterocycles. The zero-order valence-electron chi connectivity index (χ0n) is 32.3. The summed E-state index contributed by atoms with van der Waals surface area (Å²) in [4.78, 5) is 38.0. The SMILES string of the molecule is C=N/C(=C1/CCN(c2cc(C)cc3c2C2=C(CC3)C2)CC1=NCCCC12CCCN1CCC2)N1CCCN=C(/C=C(\N)C(=O)N2CCCOC(C)C2)C1. The van der Waals surface area contributed by atoms with E-state index in [9.17, 15) is 4.79 Å². The van der Waals surface area contributed by atoms with Crippen molar-refractivity contribution >= 4 is 35.3 Å². The molecule has 1 unspecified atom stereocenters. The van der Waals surface area contributed by atoms with Crippen LogP contribution in [0.15, 0.2) is 55.9 Å². The number of aliphatic imine (C=N–C) groups is 3. The van der Waals surface area contributed by atoms with Gasteiger partial charge in [-0.25, -0.2) is 4.99 Å². The van der Waals surface area contributed by atoms with Gasteiger partial charge in [0, 0.05) is 68.2 Å². The van der Waals surface area contributed by atoms with Crippen LogP contribution in [0.2, 0.25) is 0 Å². The molecule has 0 spiro atoms. The first-order chi connectivity index (χ1) is 25.8. The number of aryl methyl sites for hydroxylation is 2. The molecule has 53 heavy (non-hydrogen) atoms. The Hall–Kier alpha value is -3.76. The summed E-state index contributed by atoms with van der Waals surface area (Å²) in [6.45, 7) is 17.3. The highest BCUT2D eigenvalue weighted by atomic mass is 16.5. The second kappa shape index (κ2) is 15.5. The number of piperidine rings is 1. The minimum atomic E-state index is -0.145. The maximum absolute atomic E-state index is 13.4. The van der Waals surface area contributed by atoms with Gasteiger partial charge in [-0.2, -0.15) is 0 Å². The molecule has 0 radical (unpaired) electrons. The van der Waals surface area contributed by atoms with E-state index in [1.807, 2.05) is 11.8 Å². The van der Waals surface area contributed by atoms with Crippen molar-refractivity contribution in [1.82, 2.24) is 14.7 Å². The van der Waals surface area contributed by atoms with Crippen LogP contribution >= 0.6 is 0 Å². The van der Waals surface area contributed by atoms with Crippen LogP contribution in [0.3, 0.4) is 0 Å². The number of allylic oxidation sites excluding steroid dienone is 2. The molecule has 1 atom stereocenters. The maximum atomic E-state index is 13.4. The molecule has 1 aromatic rings. The van der Waals surface area contributed by atoms with E-state index in [2.05, 4.69) is 40.5 Å². The molecule has 5 heterocycles. The van der Waals surface area contributed by atoms with Gasteiger partial charge < -0.3 is 25.2 Å². The number of rotatable bonds is 9. The number of hydrogen-bond acceptors (Lipinski definition) is 9. The van der Waals surface area contributed by atoms with Gasteiger partial charge in [0.1, 0.15) is 5.82 Å². The summed E-state index contributed by atoms with van der Waals surface area (Å²) in [6.07, 6.45) is 15.6. The first-order valence-electron chi connectivity index (χ1n) is 20.6. The first kappa shape index (κ1) is 36.2. The number of benzene rings is 1. The Balaban J connectivity index is 1.05. The van der Waals surface area contributed by atoms with E-state index in [1.165, 1.54) is 86.0 Å². The van der Waals surface area contributed by atoms with Gasteiger partial charge in [-0.1, -0.05) is 11.6 Å². The van der Waals surface area contributed by atoms with Gasteiger partial charge in [0.05, 0.1) is 36.3 Å². The summed E-state index contributed by atoms with van der Waals surface area (Å²) in [6, 6.07) is 4.82. The summed E-state index contributed by atoms with van der Waals surface area (Å²) < 4.78 is 5.76. The zero-order chi connectivity index (χ0) is 36.5. The third kappa shape index (κ3) is 7.63. The fourth-order valence-electron chi connectivity index (χ4n) is 10.3. The van der Waals surface area contributed by atoms with E-state index in [-0.39, 0.29) is 17.7 Å². The predicted octanol–water partition coefficient (Wildman–Crippen LogP) is 5.70. The summed E-state index contributed by atoms with van der Waals surface area (Å²) in [7, 11) is 0. The van der Waals surface area contributed by atoms with Gasteiger partial charge in [-0.05, 0) is 140 Å². The molecule has 0 aromatic heterocycles. The lowest BCUT2D eigenvalue weighted by molar-refractivity contribution is -0.127. The van der Waals surface area contributed by atoms with Gasteiger partial charge >= 0.3 is 0 Å². The average Bonchev–Trinajstić information content (AvgIpc) is 3.83. The van der Waals surface area contributed by atoms with Crippen molar-refractivity contribution in [2.75, 3.05) is 77.0 Å². The maximum Gasteiger partial charge on any atom is 0.269 e. The molecule has 1 amide bonds. The number of ether oxygens (including phenoxy) is 1. The molecule has 0 bridgehead atoms. The number of carbonyl (C=O) groups excluding carboxylic acids is 1. The van der Waals surface area contributed by atoms with E-state index in [1.54, 1.807) is 17.2 Å². The van der Waals surface area contributed by atoms with Crippen molar-refractivity contribution in [3.63, 3.8) is 0 Å². The fraction of sp³-hybridized carbons (Fsp3) is 0.628. The lowest BCUT2D eigenvalue weighted by Gasteiger charge is -2.36. The standard InChI is InChI=1S/C43H60N8O2/c1-30-23-33-10-9-32-25-36(32)40(33)39(24-30)48-21-11-35(38(29-48)47-15-4-12-43-13-5-19-51(43)20-6-14-43)41(45-3)49-17-7-16-46-34(28-49)26-37(44)42(52)50-18-8-22-53-31(2)27-50/h23-24,26,31H,3-22,25,27-29,44H2,1-2H3/b37-26-,41-35+,47-38?. The molecule has 2 N–H and O–H groups in total. The number of fused-ring (bicyclic) bond motifs is 3. The van der Waals surface area contributed by atoms with Crippen LogP contribution in [-0.4, -0.2) is 122 Å². The minimum Gasteiger partial charge on any atom is -0.394 e. The Morgan fingerprint density at radius 1 is 1.06 bits per heavy atom. The molecule has 7 aliphatic rings. The summed E-state index contributed by atoms with van der Waals surface area (Å²) in [5.74, 6) is 0.762. The number of carbonyl (C=O) groups is 1. The largest absolute Gasteiger partial charge is 0.394 e. The van der Waals surface area contributed by atoms with Gasteiger partial charge in [-0.3, -0.25) is 19.7 Å². The minimum absolute atomic E-state index is 0.00510. The molecule has 0 saturated carbocycles.